The molecule has 3 rings (SSSR count). The fourth-order valence-electron chi connectivity index (χ4n) is 2.94. The van der Waals surface area contributed by atoms with Crippen molar-refractivity contribution in [2.45, 2.75) is 25.5 Å². The molecule has 0 aromatic heterocycles. The third-order valence-electron chi connectivity index (χ3n) is 4.12. The van der Waals surface area contributed by atoms with Crippen molar-refractivity contribution in [3.63, 3.8) is 0 Å². The minimum atomic E-state index is -0.228. The number of amides is 1. The number of carbonyl (C=O) groups excluding carboxylic acids is 1. The van der Waals surface area contributed by atoms with Gasteiger partial charge in [0.2, 0.25) is 0 Å². The molecule has 2 saturated heterocycles. The smallest absolute Gasteiger partial charge is 0.411 e. The van der Waals surface area contributed by atoms with Crippen LogP contribution in [0.15, 0.2) is 30.3 Å². The van der Waals surface area contributed by atoms with E-state index in [1.54, 1.807) is 0 Å². The number of piperazine rings is 1. The van der Waals surface area contributed by atoms with Gasteiger partial charge in [-0.25, -0.2) is 4.79 Å². The minimum absolute atomic E-state index is 0.179. The van der Waals surface area contributed by atoms with Crippen molar-refractivity contribution < 1.29 is 9.53 Å². The lowest BCUT2D eigenvalue weighted by Gasteiger charge is -2.36. The van der Waals surface area contributed by atoms with Crippen LogP contribution in [0.5, 0.6) is 0 Å². The molecule has 2 heterocycles. The average molecular weight is 289 g/mol. The van der Waals surface area contributed by atoms with Crippen LogP contribution in [-0.2, 0) is 4.74 Å². The molecule has 1 atom stereocenters. The first-order chi connectivity index (χ1) is 10.3. The van der Waals surface area contributed by atoms with E-state index in [0.717, 1.165) is 39.0 Å². The van der Waals surface area contributed by atoms with E-state index in [1.807, 2.05) is 23.1 Å². The van der Waals surface area contributed by atoms with Gasteiger partial charge < -0.3 is 14.5 Å². The third-order valence-corrected chi connectivity index (χ3v) is 4.12. The Hall–Kier alpha value is -1.75. The van der Waals surface area contributed by atoms with Crippen LogP contribution in [0.1, 0.15) is 19.3 Å². The SMILES string of the molecule is O=C(O[C@H]1CN(c2ccccc2)CCN1)N1CCCCC1. The Kier molecular flexibility index (Phi) is 4.60. The largest absolute Gasteiger partial charge is 0.428 e. The van der Waals surface area contributed by atoms with Crippen molar-refractivity contribution in [3.8, 4) is 0 Å². The summed E-state index contributed by atoms with van der Waals surface area (Å²) in [5, 5.41) is 3.28. The molecule has 0 unspecified atom stereocenters. The van der Waals surface area contributed by atoms with E-state index in [-0.39, 0.29) is 12.3 Å². The number of hydrogen-bond acceptors (Lipinski definition) is 4. The lowest BCUT2D eigenvalue weighted by atomic mass is 10.1. The molecule has 1 aromatic carbocycles. The molecule has 0 aliphatic carbocycles. The summed E-state index contributed by atoms with van der Waals surface area (Å²) < 4.78 is 5.62. The fourth-order valence-corrected chi connectivity index (χ4v) is 2.94. The van der Waals surface area contributed by atoms with E-state index in [9.17, 15) is 4.79 Å². The van der Waals surface area contributed by atoms with Gasteiger partial charge >= 0.3 is 6.09 Å². The highest BCUT2D eigenvalue weighted by atomic mass is 16.6. The number of likely N-dealkylation sites (tertiary alicyclic amines) is 1. The van der Waals surface area contributed by atoms with Gasteiger partial charge in [-0.3, -0.25) is 5.32 Å². The van der Waals surface area contributed by atoms with Crippen molar-refractivity contribution >= 4 is 11.8 Å². The Morgan fingerprint density at radius 1 is 1.10 bits per heavy atom. The quantitative estimate of drug-likeness (QED) is 0.905. The average Bonchev–Trinajstić information content (AvgIpc) is 2.57. The molecule has 0 spiro atoms. The number of hydrogen-bond donors (Lipinski definition) is 1. The first kappa shape index (κ1) is 14.2. The number of rotatable bonds is 2. The van der Waals surface area contributed by atoms with Crippen LogP contribution in [0, 0.1) is 0 Å². The molecule has 5 nitrogen and oxygen atoms in total. The molecule has 5 heteroatoms. The second-order valence-corrected chi connectivity index (χ2v) is 5.66. The minimum Gasteiger partial charge on any atom is -0.428 e. The van der Waals surface area contributed by atoms with E-state index < -0.39 is 0 Å². The van der Waals surface area contributed by atoms with Crippen LogP contribution in [-0.4, -0.2) is 49.9 Å². The van der Waals surface area contributed by atoms with E-state index in [4.69, 9.17) is 4.74 Å². The van der Waals surface area contributed by atoms with Crippen LogP contribution in [0.2, 0.25) is 0 Å². The zero-order valence-corrected chi connectivity index (χ0v) is 12.3. The molecule has 0 saturated carbocycles. The summed E-state index contributed by atoms with van der Waals surface area (Å²) in [7, 11) is 0. The molecular weight excluding hydrogens is 266 g/mol. The Bertz CT molecular complexity index is 460. The van der Waals surface area contributed by atoms with Crippen molar-refractivity contribution in [1.29, 1.82) is 0 Å². The predicted molar refractivity (Wildman–Crippen MR) is 82.4 cm³/mol. The van der Waals surface area contributed by atoms with Gasteiger partial charge in [0.15, 0.2) is 6.23 Å². The van der Waals surface area contributed by atoms with E-state index in [0.29, 0.717) is 6.54 Å². The summed E-state index contributed by atoms with van der Waals surface area (Å²) in [6.07, 6.45) is 2.98. The Labute approximate surface area is 125 Å². The fraction of sp³-hybridized carbons (Fsp3) is 0.562. The molecule has 1 N–H and O–H groups in total. The maximum atomic E-state index is 12.2. The Morgan fingerprint density at radius 2 is 1.86 bits per heavy atom. The molecule has 0 bridgehead atoms. The third kappa shape index (κ3) is 3.67. The number of piperidine rings is 1. The second-order valence-electron chi connectivity index (χ2n) is 5.66. The van der Waals surface area contributed by atoms with Crippen molar-refractivity contribution in [2.75, 3.05) is 37.6 Å². The number of anilines is 1. The molecule has 1 amide bonds. The number of benzene rings is 1. The first-order valence-electron chi connectivity index (χ1n) is 7.82. The summed E-state index contributed by atoms with van der Waals surface area (Å²) in [6.45, 7) is 4.11. The van der Waals surface area contributed by atoms with E-state index in [1.165, 1.54) is 12.1 Å². The normalized spacial score (nSPS) is 23.0. The van der Waals surface area contributed by atoms with Gasteiger partial charge in [0.05, 0.1) is 6.54 Å². The second kappa shape index (κ2) is 6.80. The van der Waals surface area contributed by atoms with Crippen LogP contribution < -0.4 is 10.2 Å². The monoisotopic (exact) mass is 289 g/mol. The first-order valence-corrected chi connectivity index (χ1v) is 7.82. The summed E-state index contributed by atoms with van der Waals surface area (Å²) in [5.41, 5.74) is 1.18. The maximum absolute atomic E-state index is 12.2. The van der Waals surface area contributed by atoms with Gasteiger partial charge in [0.25, 0.3) is 0 Å². The van der Waals surface area contributed by atoms with E-state index in [2.05, 4.69) is 22.3 Å². The lowest BCUT2D eigenvalue weighted by Crippen LogP contribution is -2.54. The van der Waals surface area contributed by atoms with Crippen molar-refractivity contribution in [1.82, 2.24) is 10.2 Å². The van der Waals surface area contributed by atoms with Gasteiger partial charge in [0, 0.05) is 31.9 Å². The predicted octanol–water partition coefficient (Wildman–Crippen LogP) is 2.04. The van der Waals surface area contributed by atoms with Gasteiger partial charge in [-0.05, 0) is 31.4 Å². The summed E-state index contributed by atoms with van der Waals surface area (Å²) in [4.78, 5) is 16.2. The molecule has 114 valence electrons. The highest BCUT2D eigenvalue weighted by Gasteiger charge is 2.25. The van der Waals surface area contributed by atoms with Crippen LogP contribution in [0.25, 0.3) is 0 Å². The number of nitrogens with zero attached hydrogens (tertiary/aromatic N) is 2. The standard InChI is InChI=1S/C16H23N3O2/c20-16(18-10-5-2-6-11-18)21-15-13-19(12-9-17-15)14-7-3-1-4-8-14/h1,3-4,7-8,15,17H,2,5-6,9-13H2/t15-/m0/s1. The zero-order valence-electron chi connectivity index (χ0n) is 12.3. The highest BCUT2D eigenvalue weighted by Crippen LogP contribution is 2.16. The van der Waals surface area contributed by atoms with Gasteiger partial charge in [-0.2, -0.15) is 0 Å². The number of nitrogens with one attached hydrogen (secondary N) is 1. The summed E-state index contributed by atoms with van der Waals surface area (Å²) in [6, 6.07) is 10.3. The van der Waals surface area contributed by atoms with Crippen LogP contribution in [0.3, 0.4) is 0 Å². The molecule has 1 aromatic rings. The lowest BCUT2D eigenvalue weighted by molar-refractivity contribution is 0.0414. The topological polar surface area (TPSA) is 44.8 Å². The molecule has 2 aliphatic heterocycles. The highest BCUT2D eigenvalue weighted by molar-refractivity contribution is 5.68. The molecule has 0 radical (unpaired) electrons. The van der Waals surface area contributed by atoms with Crippen LogP contribution >= 0.6 is 0 Å². The zero-order chi connectivity index (χ0) is 14.5. The Morgan fingerprint density at radius 3 is 2.62 bits per heavy atom. The molecule has 2 aliphatic rings. The van der Waals surface area contributed by atoms with E-state index >= 15 is 0 Å². The number of carbonyl (C=O) groups is 1. The van der Waals surface area contributed by atoms with Gasteiger partial charge in [-0.15, -0.1) is 0 Å². The van der Waals surface area contributed by atoms with Gasteiger partial charge in [0.1, 0.15) is 0 Å². The van der Waals surface area contributed by atoms with Crippen molar-refractivity contribution in [2.24, 2.45) is 0 Å². The Balaban J connectivity index is 1.55. The maximum Gasteiger partial charge on any atom is 0.411 e. The molecule has 2 fully saturated rings. The summed E-state index contributed by atoms with van der Waals surface area (Å²) in [5.74, 6) is 0. The molecular formula is C16H23N3O2. The molecule has 21 heavy (non-hydrogen) atoms. The summed E-state index contributed by atoms with van der Waals surface area (Å²) >= 11 is 0. The number of para-hydroxylation sites is 1. The van der Waals surface area contributed by atoms with Crippen LogP contribution in [0.4, 0.5) is 10.5 Å². The van der Waals surface area contributed by atoms with Crippen molar-refractivity contribution in [3.05, 3.63) is 30.3 Å². The van der Waals surface area contributed by atoms with Gasteiger partial charge in [-0.1, -0.05) is 18.2 Å². The number of ether oxygens (including phenoxy) is 1.